The van der Waals surface area contributed by atoms with Crippen molar-refractivity contribution in [2.75, 3.05) is 20.2 Å². The number of esters is 1. The van der Waals surface area contributed by atoms with E-state index in [1.54, 1.807) is 0 Å². The van der Waals surface area contributed by atoms with E-state index in [4.69, 9.17) is 4.74 Å². The predicted molar refractivity (Wildman–Crippen MR) is 76.1 cm³/mol. The van der Waals surface area contributed by atoms with Gasteiger partial charge in [0.2, 0.25) is 0 Å². The maximum Gasteiger partial charge on any atom is 0.324 e. The zero-order chi connectivity index (χ0) is 13.7. The van der Waals surface area contributed by atoms with E-state index in [0.717, 1.165) is 6.54 Å². The van der Waals surface area contributed by atoms with Crippen LogP contribution in [0.3, 0.4) is 0 Å². The fourth-order valence-electron chi connectivity index (χ4n) is 2.93. The highest BCUT2D eigenvalue weighted by Gasteiger charge is 2.31. The average Bonchev–Trinajstić information content (AvgIpc) is 3.23. The largest absolute Gasteiger partial charge is 0.465 e. The highest BCUT2D eigenvalue weighted by molar-refractivity contribution is 5.76. The van der Waals surface area contributed by atoms with Gasteiger partial charge < -0.3 is 15.0 Å². The molecule has 2 aliphatic rings. The van der Waals surface area contributed by atoms with Crippen molar-refractivity contribution >= 4 is 5.97 Å². The lowest BCUT2D eigenvalue weighted by Gasteiger charge is -2.33. The summed E-state index contributed by atoms with van der Waals surface area (Å²) in [5.41, 5.74) is 0. The van der Waals surface area contributed by atoms with Crippen LogP contribution >= 0.6 is 0 Å². The van der Waals surface area contributed by atoms with Gasteiger partial charge in [-0.05, 0) is 39.7 Å². The van der Waals surface area contributed by atoms with Crippen LogP contribution in [0.2, 0.25) is 0 Å². The van der Waals surface area contributed by atoms with Crippen molar-refractivity contribution in [3.63, 3.8) is 0 Å². The normalized spacial score (nSPS) is 22.5. The number of likely N-dealkylation sites (N-methyl/N-ethyl adjacent to an activating group) is 1. The monoisotopic (exact) mass is 268 g/mol. The summed E-state index contributed by atoms with van der Waals surface area (Å²) in [6.45, 7) is 3.12. The van der Waals surface area contributed by atoms with Gasteiger partial charge in [-0.25, -0.2) is 0 Å². The smallest absolute Gasteiger partial charge is 0.324 e. The van der Waals surface area contributed by atoms with Crippen molar-refractivity contribution < 1.29 is 9.53 Å². The Morgan fingerprint density at radius 3 is 2.53 bits per heavy atom. The number of hydrogen-bond donors (Lipinski definition) is 1. The van der Waals surface area contributed by atoms with E-state index in [1.807, 2.05) is 6.92 Å². The molecule has 2 rings (SSSR count). The molecule has 110 valence electrons. The molecule has 0 bridgehead atoms. The van der Waals surface area contributed by atoms with Crippen LogP contribution in [0.1, 0.15) is 51.9 Å². The van der Waals surface area contributed by atoms with E-state index in [1.165, 1.54) is 44.9 Å². The predicted octanol–water partition coefficient (Wildman–Crippen LogP) is 1.93. The molecule has 19 heavy (non-hydrogen) atoms. The minimum Gasteiger partial charge on any atom is -0.465 e. The van der Waals surface area contributed by atoms with E-state index in [-0.39, 0.29) is 12.0 Å². The summed E-state index contributed by atoms with van der Waals surface area (Å²) >= 11 is 0. The van der Waals surface area contributed by atoms with Crippen LogP contribution in [0.15, 0.2) is 0 Å². The van der Waals surface area contributed by atoms with Gasteiger partial charge in [-0.2, -0.15) is 0 Å². The number of ether oxygens (including phenoxy) is 1. The van der Waals surface area contributed by atoms with Crippen LogP contribution in [0.5, 0.6) is 0 Å². The van der Waals surface area contributed by atoms with Gasteiger partial charge in [0.15, 0.2) is 0 Å². The molecule has 2 aliphatic carbocycles. The quantitative estimate of drug-likeness (QED) is 0.716. The minimum absolute atomic E-state index is 0.0861. The molecule has 0 aromatic heterocycles. The lowest BCUT2D eigenvalue weighted by atomic mass is 9.94. The second kappa shape index (κ2) is 7.25. The first-order chi connectivity index (χ1) is 9.20. The Balaban J connectivity index is 1.84. The molecule has 0 aliphatic heterocycles. The second-order valence-electron chi connectivity index (χ2n) is 5.98. The van der Waals surface area contributed by atoms with Crippen molar-refractivity contribution in [2.45, 2.75) is 70.0 Å². The highest BCUT2D eigenvalue weighted by atomic mass is 16.5. The van der Waals surface area contributed by atoms with Crippen molar-refractivity contribution in [2.24, 2.45) is 0 Å². The summed E-state index contributed by atoms with van der Waals surface area (Å²) in [5.74, 6) is -0.0861. The number of carbonyl (C=O) groups is 1. The molecule has 0 spiro atoms. The molecule has 2 saturated carbocycles. The molecule has 4 nitrogen and oxygen atoms in total. The Kier molecular flexibility index (Phi) is 5.64. The van der Waals surface area contributed by atoms with Crippen molar-refractivity contribution in [3.8, 4) is 0 Å². The average molecular weight is 268 g/mol. The molecular weight excluding hydrogens is 240 g/mol. The van der Waals surface area contributed by atoms with Gasteiger partial charge in [-0.3, -0.25) is 4.79 Å². The maximum absolute atomic E-state index is 12.0. The van der Waals surface area contributed by atoms with E-state index in [0.29, 0.717) is 18.7 Å². The number of hydrogen-bond acceptors (Lipinski definition) is 4. The van der Waals surface area contributed by atoms with Crippen molar-refractivity contribution in [3.05, 3.63) is 0 Å². The van der Waals surface area contributed by atoms with Gasteiger partial charge in [-0.1, -0.05) is 19.3 Å². The lowest BCUT2D eigenvalue weighted by Crippen LogP contribution is -2.49. The zero-order valence-electron chi connectivity index (χ0n) is 12.4. The Bertz CT molecular complexity index is 286. The maximum atomic E-state index is 12.0. The number of carbonyl (C=O) groups excluding carboxylic acids is 1. The summed E-state index contributed by atoms with van der Waals surface area (Å²) in [6.07, 6.45) is 8.97. The third-order valence-electron chi connectivity index (χ3n) is 4.25. The van der Waals surface area contributed by atoms with E-state index >= 15 is 0 Å². The fourth-order valence-corrected chi connectivity index (χ4v) is 2.93. The molecular formula is C15H28N2O2. The number of rotatable bonds is 7. The molecule has 0 heterocycles. The van der Waals surface area contributed by atoms with E-state index < -0.39 is 0 Å². The highest BCUT2D eigenvalue weighted by Crippen LogP contribution is 2.23. The van der Waals surface area contributed by atoms with Crippen molar-refractivity contribution in [1.82, 2.24) is 10.2 Å². The summed E-state index contributed by atoms with van der Waals surface area (Å²) in [7, 11) is 2.15. The molecule has 0 amide bonds. The second-order valence-corrected chi connectivity index (χ2v) is 5.98. The lowest BCUT2D eigenvalue weighted by molar-refractivity contribution is -0.146. The molecule has 1 atom stereocenters. The molecule has 0 saturated heterocycles. The standard InChI is InChI=1S/C15H28N2O2/c1-3-19-15(18)14(16-12-9-10-12)11-17(2)13-7-5-4-6-8-13/h12-14,16H,3-11H2,1-2H3. The van der Waals surface area contributed by atoms with Crippen LogP contribution in [-0.2, 0) is 9.53 Å². The van der Waals surface area contributed by atoms with Crippen LogP contribution < -0.4 is 5.32 Å². The number of nitrogens with one attached hydrogen (secondary N) is 1. The fraction of sp³-hybridized carbons (Fsp3) is 0.933. The topological polar surface area (TPSA) is 41.6 Å². The minimum atomic E-state index is -0.153. The summed E-state index contributed by atoms with van der Waals surface area (Å²) in [4.78, 5) is 14.4. The molecule has 2 fully saturated rings. The van der Waals surface area contributed by atoms with Crippen molar-refractivity contribution in [1.29, 1.82) is 0 Å². The third kappa shape index (κ3) is 4.77. The first-order valence-corrected chi connectivity index (χ1v) is 7.83. The third-order valence-corrected chi connectivity index (χ3v) is 4.25. The number of nitrogens with zero attached hydrogens (tertiary/aromatic N) is 1. The van der Waals surface area contributed by atoms with E-state index in [9.17, 15) is 4.79 Å². The Morgan fingerprint density at radius 2 is 1.95 bits per heavy atom. The zero-order valence-corrected chi connectivity index (χ0v) is 12.4. The van der Waals surface area contributed by atoms with Crippen LogP contribution in [0, 0.1) is 0 Å². The van der Waals surface area contributed by atoms with Crippen LogP contribution in [0.4, 0.5) is 0 Å². The first kappa shape index (κ1) is 14.8. The molecule has 0 radical (unpaired) electrons. The van der Waals surface area contributed by atoms with Gasteiger partial charge in [-0.15, -0.1) is 0 Å². The van der Waals surface area contributed by atoms with Crippen LogP contribution in [0.25, 0.3) is 0 Å². The van der Waals surface area contributed by atoms with Gasteiger partial charge in [0, 0.05) is 18.6 Å². The molecule has 4 heteroatoms. The molecule has 0 aromatic carbocycles. The van der Waals surface area contributed by atoms with Gasteiger partial charge in [0.05, 0.1) is 6.61 Å². The summed E-state index contributed by atoms with van der Waals surface area (Å²) < 4.78 is 5.19. The Labute approximate surface area is 116 Å². The first-order valence-electron chi connectivity index (χ1n) is 7.83. The molecule has 1 unspecified atom stereocenters. The van der Waals surface area contributed by atoms with Gasteiger partial charge in [0.25, 0.3) is 0 Å². The van der Waals surface area contributed by atoms with Crippen LogP contribution in [-0.4, -0.2) is 49.2 Å². The van der Waals surface area contributed by atoms with Gasteiger partial charge >= 0.3 is 5.97 Å². The summed E-state index contributed by atoms with van der Waals surface area (Å²) in [6, 6.07) is 1.03. The van der Waals surface area contributed by atoms with E-state index in [2.05, 4.69) is 17.3 Å². The summed E-state index contributed by atoms with van der Waals surface area (Å²) in [5, 5.41) is 3.43. The van der Waals surface area contributed by atoms with Gasteiger partial charge in [0.1, 0.15) is 6.04 Å². The molecule has 1 N–H and O–H groups in total. The SMILES string of the molecule is CCOC(=O)C(CN(C)C1CCCCC1)NC1CC1. The Morgan fingerprint density at radius 1 is 1.26 bits per heavy atom. The molecule has 0 aromatic rings. The Hall–Kier alpha value is -0.610.